The number of hydrogen-bond donors (Lipinski definition) is 1. The van der Waals surface area contributed by atoms with Crippen molar-refractivity contribution in [1.29, 1.82) is 0 Å². The third-order valence-corrected chi connectivity index (χ3v) is 4.19. The lowest BCUT2D eigenvalue weighted by Crippen LogP contribution is -2.32. The molecule has 0 spiro atoms. The fourth-order valence-corrected chi connectivity index (χ4v) is 2.45. The van der Waals surface area contributed by atoms with Crippen molar-refractivity contribution in [2.24, 2.45) is 0 Å². The maximum absolute atomic E-state index is 3.30. The minimum absolute atomic E-state index is 0.608. The SMILES string of the molecule is CCN(CC)CCSC(C)C(C)NC. The Hall–Kier alpha value is 0.270. The minimum Gasteiger partial charge on any atom is -0.316 e. The molecular formula is C11H26N2S. The van der Waals surface area contributed by atoms with E-state index in [-0.39, 0.29) is 0 Å². The van der Waals surface area contributed by atoms with Crippen molar-refractivity contribution in [1.82, 2.24) is 10.2 Å². The van der Waals surface area contributed by atoms with Crippen molar-refractivity contribution in [3.8, 4) is 0 Å². The van der Waals surface area contributed by atoms with E-state index in [0.29, 0.717) is 11.3 Å². The van der Waals surface area contributed by atoms with Crippen molar-refractivity contribution < 1.29 is 0 Å². The summed E-state index contributed by atoms with van der Waals surface area (Å²) >= 11 is 2.06. The number of rotatable bonds is 8. The third-order valence-electron chi connectivity index (χ3n) is 2.84. The monoisotopic (exact) mass is 218 g/mol. The summed E-state index contributed by atoms with van der Waals surface area (Å²) in [4.78, 5) is 2.48. The molecule has 0 aliphatic rings. The van der Waals surface area contributed by atoms with Gasteiger partial charge in [0.1, 0.15) is 0 Å². The molecular weight excluding hydrogens is 192 g/mol. The first-order chi connectivity index (χ1) is 6.65. The molecule has 0 fully saturated rings. The van der Waals surface area contributed by atoms with E-state index in [2.05, 4.69) is 49.7 Å². The van der Waals surface area contributed by atoms with Crippen molar-refractivity contribution >= 4 is 11.8 Å². The van der Waals surface area contributed by atoms with Crippen LogP contribution in [0.3, 0.4) is 0 Å². The van der Waals surface area contributed by atoms with Gasteiger partial charge in [0.25, 0.3) is 0 Å². The second kappa shape index (κ2) is 8.57. The Morgan fingerprint density at radius 1 is 1.21 bits per heavy atom. The molecule has 0 saturated carbocycles. The summed E-state index contributed by atoms with van der Waals surface area (Å²) in [6.45, 7) is 12.6. The van der Waals surface area contributed by atoms with E-state index in [1.165, 1.54) is 25.4 Å². The van der Waals surface area contributed by atoms with Gasteiger partial charge in [0.2, 0.25) is 0 Å². The summed E-state index contributed by atoms with van der Waals surface area (Å²) < 4.78 is 0. The number of nitrogens with one attached hydrogen (secondary N) is 1. The molecule has 2 nitrogen and oxygen atoms in total. The fraction of sp³-hybridized carbons (Fsp3) is 1.00. The second-order valence-electron chi connectivity index (χ2n) is 3.68. The molecule has 0 saturated heterocycles. The van der Waals surface area contributed by atoms with Crippen LogP contribution in [-0.2, 0) is 0 Å². The Kier molecular flexibility index (Phi) is 8.73. The lowest BCUT2D eigenvalue weighted by molar-refractivity contribution is 0.323. The van der Waals surface area contributed by atoms with Gasteiger partial charge >= 0.3 is 0 Å². The average molecular weight is 218 g/mol. The second-order valence-corrected chi connectivity index (χ2v) is 5.17. The van der Waals surface area contributed by atoms with Crippen LogP contribution in [0.5, 0.6) is 0 Å². The van der Waals surface area contributed by atoms with Gasteiger partial charge in [0, 0.05) is 23.6 Å². The molecule has 0 aromatic carbocycles. The van der Waals surface area contributed by atoms with Crippen LogP contribution in [0.15, 0.2) is 0 Å². The van der Waals surface area contributed by atoms with E-state index in [4.69, 9.17) is 0 Å². The summed E-state index contributed by atoms with van der Waals surface area (Å²) in [7, 11) is 2.03. The zero-order valence-corrected chi connectivity index (χ0v) is 11.2. The van der Waals surface area contributed by atoms with Gasteiger partial charge in [-0.2, -0.15) is 11.8 Å². The normalized spacial score (nSPS) is 15.9. The predicted octanol–water partition coefficient (Wildman–Crippen LogP) is 2.06. The van der Waals surface area contributed by atoms with Crippen LogP contribution < -0.4 is 5.32 Å². The van der Waals surface area contributed by atoms with Gasteiger partial charge in [-0.15, -0.1) is 0 Å². The molecule has 2 unspecified atom stereocenters. The van der Waals surface area contributed by atoms with Crippen LogP contribution in [0.2, 0.25) is 0 Å². The minimum atomic E-state index is 0.608. The highest BCUT2D eigenvalue weighted by Gasteiger charge is 2.10. The predicted molar refractivity (Wildman–Crippen MR) is 68.2 cm³/mol. The molecule has 0 aromatic rings. The first-order valence-corrected chi connectivity index (χ1v) is 6.71. The molecule has 86 valence electrons. The van der Waals surface area contributed by atoms with Crippen LogP contribution in [0.1, 0.15) is 27.7 Å². The molecule has 2 atom stereocenters. The Morgan fingerprint density at radius 3 is 2.21 bits per heavy atom. The Labute approximate surface area is 93.8 Å². The summed E-state index contributed by atoms with van der Waals surface area (Å²) in [6, 6.07) is 0.608. The van der Waals surface area contributed by atoms with Crippen LogP contribution in [0, 0.1) is 0 Å². The molecule has 0 heterocycles. The summed E-state index contributed by atoms with van der Waals surface area (Å²) in [5.74, 6) is 1.24. The zero-order valence-electron chi connectivity index (χ0n) is 10.3. The molecule has 0 aliphatic carbocycles. The van der Waals surface area contributed by atoms with Gasteiger partial charge in [-0.25, -0.2) is 0 Å². The van der Waals surface area contributed by atoms with Crippen LogP contribution in [0.4, 0.5) is 0 Å². The van der Waals surface area contributed by atoms with Crippen LogP contribution in [-0.4, -0.2) is 48.6 Å². The molecule has 3 heteroatoms. The van der Waals surface area contributed by atoms with Gasteiger partial charge < -0.3 is 10.2 Å². The van der Waals surface area contributed by atoms with Crippen molar-refractivity contribution in [2.75, 3.05) is 32.4 Å². The maximum atomic E-state index is 3.30. The van der Waals surface area contributed by atoms with Crippen molar-refractivity contribution in [3.05, 3.63) is 0 Å². The highest BCUT2D eigenvalue weighted by molar-refractivity contribution is 7.99. The van der Waals surface area contributed by atoms with E-state index in [1.54, 1.807) is 0 Å². The molecule has 14 heavy (non-hydrogen) atoms. The van der Waals surface area contributed by atoms with Crippen LogP contribution >= 0.6 is 11.8 Å². The molecule has 0 aromatic heterocycles. The lowest BCUT2D eigenvalue weighted by Gasteiger charge is -2.22. The Morgan fingerprint density at radius 2 is 1.79 bits per heavy atom. The molecule has 0 amide bonds. The van der Waals surface area contributed by atoms with E-state index in [0.717, 1.165) is 0 Å². The highest BCUT2D eigenvalue weighted by Crippen LogP contribution is 2.13. The standard InChI is InChI=1S/C11H26N2S/c1-6-13(7-2)8-9-14-11(4)10(3)12-5/h10-12H,6-9H2,1-5H3. The summed E-state index contributed by atoms with van der Waals surface area (Å²) in [5, 5.41) is 4.00. The number of hydrogen-bond acceptors (Lipinski definition) is 3. The maximum Gasteiger partial charge on any atom is 0.0170 e. The van der Waals surface area contributed by atoms with E-state index in [1.807, 2.05) is 7.05 Å². The first-order valence-electron chi connectivity index (χ1n) is 5.66. The third kappa shape index (κ3) is 5.89. The van der Waals surface area contributed by atoms with E-state index in [9.17, 15) is 0 Å². The topological polar surface area (TPSA) is 15.3 Å². The number of thioether (sulfide) groups is 1. The van der Waals surface area contributed by atoms with Gasteiger partial charge in [-0.05, 0) is 27.1 Å². The number of nitrogens with zero attached hydrogens (tertiary/aromatic N) is 1. The molecule has 0 bridgehead atoms. The molecule has 1 N–H and O–H groups in total. The average Bonchev–Trinajstić information content (AvgIpc) is 2.22. The van der Waals surface area contributed by atoms with Gasteiger partial charge in [-0.3, -0.25) is 0 Å². The van der Waals surface area contributed by atoms with E-state index < -0.39 is 0 Å². The first kappa shape index (κ1) is 14.3. The largest absolute Gasteiger partial charge is 0.316 e. The van der Waals surface area contributed by atoms with Gasteiger partial charge in [0.05, 0.1) is 0 Å². The smallest absolute Gasteiger partial charge is 0.0170 e. The highest BCUT2D eigenvalue weighted by atomic mass is 32.2. The zero-order chi connectivity index (χ0) is 11.0. The van der Waals surface area contributed by atoms with E-state index >= 15 is 0 Å². The van der Waals surface area contributed by atoms with Crippen molar-refractivity contribution in [3.63, 3.8) is 0 Å². The quantitative estimate of drug-likeness (QED) is 0.671. The van der Waals surface area contributed by atoms with Crippen molar-refractivity contribution in [2.45, 2.75) is 39.0 Å². The molecule has 0 radical (unpaired) electrons. The fourth-order valence-electron chi connectivity index (χ4n) is 1.29. The molecule has 0 aliphatic heterocycles. The lowest BCUT2D eigenvalue weighted by atomic mass is 10.3. The Balaban J connectivity index is 3.52. The Bertz CT molecular complexity index is 126. The van der Waals surface area contributed by atoms with Crippen LogP contribution in [0.25, 0.3) is 0 Å². The van der Waals surface area contributed by atoms with Gasteiger partial charge in [0.15, 0.2) is 0 Å². The molecule has 0 rings (SSSR count). The van der Waals surface area contributed by atoms with Gasteiger partial charge in [-0.1, -0.05) is 20.8 Å². The summed E-state index contributed by atoms with van der Waals surface area (Å²) in [5.41, 5.74) is 0. The summed E-state index contributed by atoms with van der Waals surface area (Å²) in [6.07, 6.45) is 0.